The molecule has 1 rings (SSSR count). The lowest BCUT2D eigenvalue weighted by molar-refractivity contribution is -0.0528. The van der Waals surface area contributed by atoms with Crippen LogP contribution < -0.4 is 0 Å². The van der Waals surface area contributed by atoms with E-state index in [4.69, 9.17) is 0 Å². The minimum Gasteiger partial charge on any atom is -0.395 e. The zero-order valence-electron chi connectivity index (χ0n) is 15.6. The Morgan fingerprint density at radius 1 is 1.09 bits per heavy atom. The molecule has 0 amide bonds. The Kier molecular flexibility index (Phi) is 6.17. The van der Waals surface area contributed by atoms with Crippen LogP contribution in [0.4, 0.5) is 0 Å². The molecule has 0 fully saturated rings. The molecule has 22 heavy (non-hydrogen) atoms. The summed E-state index contributed by atoms with van der Waals surface area (Å²) < 4.78 is 0. The predicted octanol–water partition coefficient (Wildman–Crippen LogP) is 4.29. The van der Waals surface area contributed by atoms with E-state index in [1.54, 1.807) is 0 Å². The Morgan fingerprint density at radius 2 is 1.68 bits per heavy atom. The molecule has 0 saturated carbocycles. The molecule has 3 nitrogen and oxygen atoms in total. The van der Waals surface area contributed by atoms with Crippen LogP contribution in [0.25, 0.3) is 0 Å². The summed E-state index contributed by atoms with van der Waals surface area (Å²) in [6.45, 7) is 17.9. The minimum absolute atomic E-state index is 0.0178. The Hall–Kier alpha value is -0.930. The Balaban J connectivity index is 3.45. The fraction of sp³-hybridized carbons (Fsp3) is 0.737. The lowest BCUT2D eigenvalue weighted by Gasteiger charge is -2.51. The summed E-state index contributed by atoms with van der Waals surface area (Å²) in [7, 11) is 0. The van der Waals surface area contributed by atoms with E-state index in [1.165, 1.54) is 0 Å². The van der Waals surface area contributed by atoms with Crippen molar-refractivity contribution in [1.29, 1.82) is 0 Å². The van der Waals surface area contributed by atoms with Crippen LogP contribution in [0, 0.1) is 11.3 Å². The molecule has 126 valence electrons. The molecule has 1 heterocycles. The van der Waals surface area contributed by atoms with Crippen molar-refractivity contribution in [3.63, 3.8) is 0 Å². The van der Waals surface area contributed by atoms with E-state index in [1.807, 2.05) is 18.3 Å². The van der Waals surface area contributed by atoms with Gasteiger partial charge >= 0.3 is 0 Å². The van der Waals surface area contributed by atoms with Gasteiger partial charge in [-0.2, -0.15) is 0 Å². The van der Waals surface area contributed by atoms with Crippen molar-refractivity contribution in [3.8, 4) is 0 Å². The number of aliphatic hydroxyl groups is 1. The monoisotopic (exact) mass is 306 g/mol. The Morgan fingerprint density at radius 3 is 2.00 bits per heavy atom. The van der Waals surface area contributed by atoms with E-state index in [9.17, 15) is 5.11 Å². The second-order valence-corrected chi connectivity index (χ2v) is 8.60. The summed E-state index contributed by atoms with van der Waals surface area (Å²) >= 11 is 0. The van der Waals surface area contributed by atoms with Crippen molar-refractivity contribution in [1.82, 2.24) is 9.88 Å². The Labute approximate surface area is 136 Å². The first-order chi connectivity index (χ1) is 10.00. The summed E-state index contributed by atoms with van der Waals surface area (Å²) in [4.78, 5) is 7.09. The summed E-state index contributed by atoms with van der Waals surface area (Å²) in [5.41, 5.74) is 1.03. The van der Waals surface area contributed by atoms with Crippen LogP contribution in [0.5, 0.6) is 0 Å². The van der Waals surface area contributed by atoms with Gasteiger partial charge < -0.3 is 5.11 Å². The fourth-order valence-corrected chi connectivity index (χ4v) is 3.24. The van der Waals surface area contributed by atoms with E-state index >= 15 is 0 Å². The second-order valence-electron chi connectivity index (χ2n) is 8.60. The molecule has 0 radical (unpaired) electrons. The molecule has 0 bridgehead atoms. The lowest BCUT2D eigenvalue weighted by Crippen LogP contribution is -2.56. The number of pyridine rings is 1. The van der Waals surface area contributed by atoms with Crippen LogP contribution in [-0.2, 0) is 0 Å². The quantitative estimate of drug-likeness (QED) is 0.881. The molecule has 0 aliphatic heterocycles. The van der Waals surface area contributed by atoms with E-state index in [-0.39, 0.29) is 29.6 Å². The van der Waals surface area contributed by atoms with Gasteiger partial charge in [-0.3, -0.25) is 9.88 Å². The number of aliphatic hydroxyl groups excluding tert-OH is 1. The average Bonchev–Trinajstić information content (AvgIpc) is 2.36. The van der Waals surface area contributed by atoms with E-state index in [0.29, 0.717) is 5.92 Å². The molecule has 0 spiro atoms. The molecule has 0 saturated heterocycles. The first-order valence-electron chi connectivity index (χ1n) is 8.30. The van der Waals surface area contributed by atoms with Gasteiger partial charge in [0, 0.05) is 17.8 Å². The van der Waals surface area contributed by atoms with Crippen LogP contribution >= 0.6 is 0 Å². The molecule has 0 unspecified atom stereocenters. The maximum absolute atomic E-state index is 10.0. The molecule has 0 aromatic carbocycles. The fourth-order valence-electron chi connectivity index (χ4n) is 3.24. The van der Waals surface area contributed by atoms with E-state index < -0.39 is 0 Å². The summed E-state index contributed by atoms with van der Waals surface area (Å²) in [6.07, 6.45) is 1.86. The number of nitrogens with zero attached hydrogens (tertiary/aromatic N) is 2. The lowest BCUT2D eigenvalue weighted by atomic mass is 9.79. The standard InChI is InChI=1S/C19H34N2O/c1-14(2)16(13-22)21(19(6,7)8)17(18(3,4)5)15-11-9-10-12-20-15/h9-12,14,16-17,22H,13H2,1-8H3/t16-,17-/m1/s1. The third kappa shape index (κ3) is 4.53. The predicted molar refractivity (Wildman–Crippen MR) is 93.7 cm³/mol. The third-order valence-electron chi connectivity index (χ3n) is 4.15. The van der Waals surface area contributed by atoms with Crippen molar-refractivity contribution in [3.05, 3.63) is 30.1 Å². The van der Waals surface area contributed by atoms with E-state index in [2.05, 4.69) is 71.3 Å². The highest BCUT2D eigenvalue weighted by Crippen LogP contribution is 2.43. The number of rotatable bonds is 5. The molecule has 1 N–H and O–H groups in total. The minimum atomic E-state index is -0.0624. The molecular weight excluding hydrogens is 272 g/mol. The SMILES string of the molecule is CC(C)[C@@H](CO)N([C@H](c1ccccn1)C(C)(C)C)C(C)(C)C. The maximum atomic E-state index is 10.0. The van der Waals surface area contributed by atoms with Crippen molar-refractivity contribution in [2.75, 3.05) is 6.61 Å². The summed E-state index contributed by atoms with van der Waals surface area (Å²) in [6, 6.07) is 6.35. The molecular formula is C19H34N2O. The molecule has 0 aliphatic carbocycles. The maximum Gasteiger partial charge on any atom is 0.0589 e. The largest absolute Gasteiger partial charge is 0.395 e. The molecule has 1 aromatic heterocycles. The highest BCUT2D eigenvalue weighted by molar-refractivity contribution is 5.14. The average molecular weight is 306 g/mol. The van der Waals surface area contributed by atoms with Crippen molar-refractivity contribution < 1.29 is 5.11 Å². The van der Waals surface area contributed by atoms with Gasteiger partial charge in [0.1, 0.15) is 0 Å². The topological polar surface area (TPSA) is 36.4 Å². The molecule has 1 aromatic rings. The van der Waals surface area contributed by atoms with Crippen LogP contribution in [0.2, 0.25) is 0 Å². The van der Waals surface area contributed by atoms with E-state index in [0.717, 1.165) is 5.69 Å². The van der Waals surface area contributed by atoms with Crippen molar-refractivity contribution in [2.24, 2.45) is 11.3 Å². The Bertz CT molecular complexity index is 443. The molecule has 2 atom stereocenters. The summed E-state index contributed by atoms with van der Waals surface area (Å²) in [5.74, 6) is 0.373. The van der Waals surface area contributed by atoms with Gasteiger partial charge in [0.2, 0.25) is 0 Å². The zero-order valence-corrected chi connectivity index (χ0v) is 15.6. The second kappa shape index (κ2) is 7.10. The normalized spacial score (nSPS) is 16.1. The van der Waals surface area contributed by atoms with Crippen molar-refractivity contribution >= 4 is 0 Å². The van der Waals surface area contributed by atoms with Crippen LogP contribution in [0.1, 0.15) is 67.1 Å². The van der Waals surface area contributed by atoms with Crippen LogP contribution in [-0.4, -0.2) is 33.2 Å². The first-order valence-corrected chi connectivity index (χ1v) is 8.30. The third-order valence-corrected chi connectivity index (χ3v) is 4.15. The van der Waals surface area contributed by atoms with Crippen LogP contribution in [0.15, 0.2) is 24.4 Å². The van der Waals surface area contributed by atoms with Gasteiger partial charge in [-0.25, -0.2) is 0 Å². The molecule has 0 aliphatic rings. The van der Waals surface area contributed by atoms with Gasteiger partial charge in [0.25, 0.3) is 0 Å². The van der Waals surface area contributed by atoms with Gasteiger partial charge in [-0.05, 0) is 44.2 Å². The number of hydrogen-bond acceptors (Lipinski definition) is 3. The van der Waals surface area contributed by atoms with Crippen LogP contribution in [0.3, 0.4) is 0 Å². The summed E-state index contributed by atoms with van der Waals surface area (Å²) in [5, 5.41) is 10.0. The van der Waals surface area contributed by atoms with Gasteiger partial charge in [-0.1, -0.05) is 40.7 Å². The zero-order chi connectivity index (χ0) is 17.1. The van der Waals surface area contributed by atoms with Gasteiger partial charge in [0.05, 0.1) is 18.3 Å². The number of aromatic nitrogens is 1. The van der Waals surface area contributed by atoms with Gasteiger partial charge in [0.15, 0.2) is 0 Å². The molecule has 3 heteroatoms. The first kappa shape index (κ1) is 19.1. The highest BCUT2D eigenvalue weighted by atomic mass is 16.3. The van der Waals surface area contributed by atoms with Gasteiger partial charge in [-0.15, -0.1) is 0 Å². The highest BCUT2D eigenvalue weighted by Gasteiger charge is 2.42. The number of hydrogen-bond donors (Lipinski definition) is 1. The van der Waals surface area contributed by atoms with Crippen molar-refractivity contribution in [2.45, 2.75) is 73.0 Å². The smallest absolute Gasteiger partial charge is 0.0589 e.